The van der Waals surface area contributed by atoms with Crippen molar-refractivity contribution in [3.05, 3.63) is 0 Å². The van der Waals surface area contributed by atoms with Crippen LogP contribution in [0.2, 0.25) is 0 Å². The molecule has 1 atom stereocenters. The largest absolute Gasteiger partial charge is 0.462 e. The van der Waals surface area contributed by atoms with Crippen molar-refractivity contribution in [2.75, 3.05) is 13.2 Å². The van der Waals surface area contributed by atoms with Crippen LogP contribution in [0.5, 0.6) is 0 Å². The Morgan fingerprint density at radius 1 is 0.292 bits per heavy atom. The van der Waals surface area contributed by atoms with Crippen LogP contribution in [0, 0.1) is 5.92 Å². The van der Waals surface area contributed by atoms with Crippen molar-refractivity contribution in [2.45, 2.75) is 342 Å². The molecular formula is C59H114O6. The first-order valence-corrected chi connectivity index (χ1v) is 29.4. The Labute approximate surface area is 406 Å². The highest BCUT2D eigenvalue weighted by Gasteiger charge is 2.19. The van der Waals surface area contributed by atoms with Crippen molar-refractivity contribution in [2.24, 2.45) is 5.92 Å². The number of unbranched alkanes of at least 4 members (excludes halogenated alkanes) is 41. The third kappa shape index (κ3) is 53.2. The number of hydrogen-bond acceptors (Lipinski definition) is 6. The predicted octanol–water partition coefficient (Wildman–Crippen LogP) is 19.4. The lowest BCUT2D eigenvalue weighted by Gasteiger charge is -2.18. The molecular weight excluding hydrogens is 805 g/mol. The van der Waals surface area contributed by atoms with Gasteiger partial charge in [-0.3, -0.25) is 14.4 Å². The molecule has 0 aromatic carbocycles. The van der Waals surface area contributed by atoms with Gasteiger partial charge in [-0.05, 0) is 25.2 Å². The molecule has 0 spiro atoms. The van der Waals surface area contributed by atoms with E-state index in [0.717, 1.165) is 63.7 Å². The lowest BCUT2D eigenvalue weighted by Crippen LogP contribution is -2.30. The van der Waals surface area contributed by atoms with Crippen LogP contribution in [0.15, 0.2) is 0 Å². The summed E-state index contributed by atoms with van der Waals surface area (Å²) in [6.45, 7) is 9.07. The molecule has 6 nitrogen and oxygen atoms in total. The van der Waals surface area contributed by atoms with Crippen LogP contribution in [0.25, 0.3) is 0 Å². The van der Waals surface area contributed by atoms with Gasteiger partial charge in [-0.15, -0.1) is 0 Å². The molecule has 0 aliphatic rings. The molecule has 6 heteroatoms. The molecule has 0 saturated carbocycles. The Kier molecular flexibility index (Phi) is 52.1. The molecule has 0 saturated heterocycles. The molecule has 65 heavy (non-hydrogen) atoms. The van der Waals surface area contributed by atoms with E-state index in [1.165, 1.54) is 231 Å². The van der Waals surface area contributed by atoms with E-state index in [0.29, 0.717) is 19.3 Å². The van der Waals surface area contributed by atoms with Gasteiger partial charge in [-0.1, -0.05) is 297 Å². The predicted molar refractivity (Wildman–Crippen MR) is 280 cm³/mol. The fourth-order valence-electron chi connectivity index (χ4n) is 9.10. The smallest absolute Gasteiger partial charge is 0.306 e. The van der Waals surface area contributed by atoms with Crippen molar-refractivity contribution in [1.29, 1.82) is 0 Å². The summed E-state index contributed by atoms with van der Waals surface area (Å²) in [4.78, 5) is 38.2. The lowest BCUT2D eigenvalue weighted by atomic mass is 10.0. The van der Waals surface area contributed by atoms with Gasteiger partial charge in [0.05, 0.1) is 0 Å². The van der Waals surface area contributed by atoms with Crippen LogP contribution >= 0.6 is 0 Å². The third-order valence-electron chi connectivity index (χ3n) is 13.5. The van der Waals surface area contributed by atoms with E-state index in [4.69, 9.17) is 14.2 Å². The van der Waals surface area contributed by atoms with Crippen molar-refractivity contribution in [3.8, 4) is 0 Å². The minimum Gasteiger partial charge on any atom is -0.462 e. The molecule has 0 bridgehead atoms. The normalized spacial score (nSPS) is 12.0. The average Bonchev–Trinajstić information content (AvgIpc) is 3.29. The van der Waals surface area contributed by atoms with E-state index in [-0.39, 0.29) is 31.1 Å². The van der Waals surface area contributed by atoms with Gasteiger partial charge >= 0.3 is 17.9 Å². The van der Waals surface area contributed by atoms with Crippen LogP contribution in [-0.4, -0.2) is 37.2 Å². The molecule has 0 amide bonds. The average molecular weight is 920 g/mol. The number of hydrogen-bond donors (Lipinski definition) is 0. The summed E-state index contributed by atoms with van der Waals surface area (Å²) in [6, 6.07) is 0. The summed E-state index contributed by atoms with van der Waals surface area (Å²) in [6.07, 6.45) is 58.0. The molecule has 0 aliphatic heterocycles. The molecule has 0 rings (SSSR count). The highest BCUT2D eigenvalue weighted by atomic mass is 16.6. The molecule has 0 fully saturated rings. The first-order chi connectivity index (χ1) is 31.9. The molecule has 386 valence electrons. The summed E-state index contributed by atoms with van der Waals surface area (Å²) in [5, 5.41) is 0. The van der Waals surface area contributed by atoms with Crippen molar-refractivity contribution < 1.29 is 28.6 Å². The second-order valence-corrected chi connectivity index (χ2v) is 20.8. The van der Waals surface area contributed by atoms with E-state index >= 15 is 0 Å². The fraction of sp³-hybridized carbons (Fsp3) is 0.949. The van der Waals surface area contributed by atoms with Gasteiger partial charge < -0.3 is 14.2 Å². The van der Waals surface area contributed by atoms with Gasteiger partial charge in [0.15, 0.2) is 6.10 Å². The third-order valence-corrected chi connectivity index (χ3v) is 13.5. The van der Waals surface area contributed by atoms with Crippen LogP contribution in [0.4, 0.5) is 0 Å². The molecule has 0 heterocycles. The minimum atomic E-state index is -0.762. The van der Waals surface area contributed by atoms with Gasteiger partial charge in [0, 0.05) is 19.3 Å². The number of esters is 3. The van der Waals surface area contributed by atoms with E-state index in [2.05, 4.69) is 27.7 Å². The van der Waals surface area contributed by atoms with Gasteiger partial charge in [-0.2, -0.15) is 0 Å². The van der Waals surface area contributed by atoms with Crippen molar-refractivity contribution in [3.63, 3.8) is 0 Å². The highest BCUT2D eigenvalue weighted by Crippen LogP contribution is 2.18. The molecule has 0 aliphatic carbocycles. The van der Waals surface area contributed by atoms with E-state index in [1.807, 2.05) is 0 Å². The molecule has 0 radical (unpaired) electrons. The van der Waals surface area contributed by atoms with Gasteiger partial charge in [0.25, 0.3) is 0 Å². The number of ether oxygens (including phenoxy) is 3. The SMILES string of the molecule is CCCCCCCCCCCCCCCCCCC(=O)OC[C@H](COC(=O)CCCCCCCCCCCCCCCCC)OC(=O)CCCCCCCCCCCCCCCC(C)C. The zero-order valence-electron chi connectivity index (χ0n) is 44.5. The van der Waals surface area contributed by atoms with E-state index < -0.39 is 6.10 Å². The van der Waals surface area contributed by atoms with Crippen molar-refractivity contribution >= 4 is 17.9 Å². The quantitative estimate of drug-likeness (QED) is 0.0344. The summed E-state index contributed by atoms with van der Waals surface area (Å²) >= 11 is 0. The van der Waals surface area contributed by atoms with Crippen LogP contribution < -0.4 is 0 Å². The topological polar surface area (TPSA) is 78.9 Å². The zero-order valence-corrected chi connectivity index (χ0v) is 44.5. The number of carbonyl (C=O) groups is 3. The Hall–Kier alpha value is -1.59. The second kappa shape index (κ2) is 53.4. The van der Waals surface area contributed by atoms with Crippen LogP contribution in [0.1, 0.15) is 336 Å². The second-order valence-electron chi connectivity index (χ2n) is 20.8. The Balaban J connectivity index is 4.30. The highest BCUT2D eigenvalue weighted by molar-refractivity contribution is 5.71. The summed E-state index contributed by atoms with van der Waals surface area (Å²) in [5.74, 6) is 0.00475. The fourth-order valence-corrected chi connectivity index (χ4v) is 9.10. The van der Waals surface area contributed by atoms with Crippen LogP contribution in [-0.2, 0) is 28.6 Å². The minimum absolute atomic E-state index is 0.0617. The van der Waals surface area contributed by atoms with Gasteiger partial charge in [0.1, 0.15) is 13.2 Å². The molecule has 0 aromatic rings. The van der Waals surface area contributed by atoms with E-state index in [1.54, 1.807) is 0 Å². The molecule has 0 aromatic heterocycles. The first kappa shape index (κ1) is 63.4. The van der Waals surface area contributed by atoms with Gasteiger partial charge in [-0.25, -0.2) is 0 Å². The summed E-state index contributed by atoms with van der Waals surface area (Å²) < 4.78 is 16.9. The Morgan fingerprint density at radius 3 is 0.754 bits per heavy atom. The van der Waals surface area contributed by atoms with Crippen molar-refractivity contribution in [1.82, 2.24) is 0 Å². The van der Waals surface area contributed by atoms with E-state index in [9.17, 15) is 14.4 Å². The maximum Gasteiger partial charge on any atom is 0.306 e. The standard InChI is InChI=1S/C59H114O6/c1-5-7-9-11-13-15-17-19-21-23-27-31-35-39-43-47-51-58(61)64-54-56(53-63-57(60)50-46-42-38-34-30-26-22-20-18-16-14-12-10-8-6-2)65-59(62)52-48-44-40-36-32-28-24-25-29-33-37-41-45-49-55(3)4/h55-56H,5-54H2,1-4H3/t56-/m0/s1. The lowest BCUT2D eigenvalue weighted by molar-refractivity contribution is -0.167. The Bertz CT molecular complexity index is 980. The van der Waals surface area contributed by atoms with Crippen LogP contribution in [0.3, 0.4) is 0 Å². The van der Waals surface area contributed by atoms with Gasteiger partial charge in [0.2, 0.25) is 0 Å². The number of carbonyl (C=O) groups excluding carboxylic acids is 3. The number of rotatable bonds is 54. The maximum atomic E-state index is 12.9. The first-order valence-electron chi connectivity index (χ1n) is 29.4. The Morgan fingerprint density at radius 2 is 0.508 bits per heavy atom. The maximum absolute atomic E-state index is 12.9. The summed E-state index contributed by atoms with van der Waals surface area (Å²) in [7, 11) is 0. The summed E-state index contributed by atoms with van der Waals surface area (Å²) in [5.41, 5.74) is 0. The monoisotopic (exact) mass is 919 g/mol. The molecule has 0 N–H and O–H groups in total. The zero-order chi connectivity index (χ0) is 47.4. The molecule has 0 unspecified atom stereocenters.